The van der Waals surface area contributed by atoms with E-state index in [0.717, 1.165) is 17.6 Å². The fourth-order valence-electron chi connectivity index (χ4n) is 2.42. The topological polar surface area (TPSA) is 15.3 Å². The van der Waals surface area contributed by atoms with Crippen LogP contribution in [-0.4, -0.2) is 13.6 Å². The molecule has 106 valence electrons. The number of benzene rings is 2. The van der Waals surface area contributed by atoms with E-state index >= 15 is 0 Å². The van der Waals surface area contributed by atoms with Crippen LogP contribution in [-0.2, 0) is 6.54 Å². The minimum Gasteiger partial charge on any atom is -0.341 e. The molecule has 0 aliphatic heterocycles. The van der Waals surface area contributed by atoms with Gasteiger partial charge >= 0.3 is 0 Å². The van der Waals surface area contributed by atoms with Crippen molar-refractivity contribution in [1.29, 1.82) is 0 Å². The normalized spacial score (nSPS) is 10.6. The van der Waals surface area contributed by atoms with E-state index in [-0.39, 0.29) is 0 Å². The van der Waals surface area contributed by atoms with Crippen molar-refractivity contribution in [1.82, 2.24) is 5.32 Å². The van der Waals surface area contributed by atoms with Crippen molar-refractivity contribution >= 4 is 27.3 Å². The average molecular weight is 333 g/mol. The number of halogens is 1. The van der Waals surface area contributed by atoms with Gasteiger partial charge in [0.15, 0.2) is 0 Å². The van der Waals surface area contributed by atoms with Crippen molar-refractivity contribution in [2.24, 2.45) is 0 Å². The molecule has 0 aliphatic carbocycles. The zero-order valence-corrected chi connectivity index (χ0v) is 13.9. The van der Waals surface area contributed by atoms with Crippen LogP contribution in [0.15, 0.2) is 46.9 Å². The number of hydrogen-bond donors (Lipinski definition) is 1. The second kappa shape index (κ2) is 6.91. The molecule has 1 N–H and O–H groups in total. The summed E-state index contributed by atoms with van der Waals surface area (Å²) < 4.78 is 1.13. The van der Waals surface area contributed by atoms with Gasteiger partial charge in [0.1, 0.15) is 0 Å². The summed E-state index contributed by atoms with van der Waals surface area (Å²) in [5.74, 6) is 0. The maximum Gasteiger partial charge on any atom is 0.0555 e. The third-order valence-corrected chi connectivity index (χ3v) is 4.04. The minimum atomic E-state index is 0.884. The molecule has 0 aliphatic rings. The van der Waals surface area contributed by atoms with Gasteiger partial charge in [-0.3, -0.25) is 0 Å². The fourth-order valence-corrected chi connectivity index (χ4v) is 3.06. The van der Waals surface area contributed by atoms with Crippen molar-refractivity contribution in [3.8, 4) is 0 Å². The number of rotatable bonds is 5. The van der Waals surface area contributed by atoms with Crippen LogP contribution >= 0.6 is 15.9 Å². The Kier molecular flexibility index (Phi) is 5.21. The van der Waals surface area contributed by atoms with E-state index in [1.54, 1.807) is 0 Å². The van der Waals surface area contributed by atoms with Gasteiger partial charge in [-0.1, -0.05) is 24.3 Å². The molecule has 2 aromatic carbocycles. The molecule has 0 fully saturated rings. The van der Waals surface area contributed by atoms with Gasteiger partial charge in [0.05, 0.1) is 5.69 Å². The molecular weight excluding hydrogens is 312 g/mol. The van der Waals surface area contributed by atoms with Crippen molar-refractivity contribution in [2.45, 2.75) is 20.4 Å². The summed E-state index contributed by atoms with van der Waals surface area (Å²) in [7, 11) is 1.97. The van der Waals surface area contributed by atoms with Crippen LogP contribution in [0.4, 0.5) is 11.4 Å². The summed E-state index contributed by atoms with van der Waals surface area (Å²) in [4.78, 5) is 2.34. The Hall–Kier alpha value is -1.32. The summed E-state index contributed by atoms with van der Waals surface area (Å²) in [5.41, 5.74) is 5.04. The lowest BCUT2D eigenvalue weighted by Crippen LogP contribution is -2.17. The van der Waals surface area contributed by atoms with Crippen LogP contribution < -0.4 is 10.2 Å². The van der Waals surface area contributed by atoms with Crippen molar-refractivity contribution < 1.29 is 0 Å². The Labute approximate surface area is 129 Å². The second-order valence-electron chi connectivity index (χ2n) is 4.85. The average Bonchev–Trinajstić information content (AvgIpc) is 2.44. The molecule has 0 unspecified atom stereocenters. The number of hydrogen-bond acceptors (Lipinski definition) is 2. The lowest BCUT2D eigenvalue weighted by Gasteiger charge is -2.26. The highest BCUT2D eigenvalue weighted by molar-refractivity contribution is 9.10. The molecule has 2 aromatic rings. The maximum absolute atomic E-state index is 3.71. The van der Waals surface area contributed by atoms with Crippen LogP contribution in [0.1, 0.15) is 18.1 Å². The first-order valence-corrected chi connectivity index (χ1v) is 7.73. The highest BCUT2D eigenvalue weighted by atomic mass is 79.9. The van der Waals surface area contributed by atoms with Gasteiger partial charge in [0.25, 0.3) is 0 Å². The predicted octanol–water partition coefficient (Wildman–Crippen LogP) is 4.63. The zero-order valence-electron chi connectivity index (χ0n) is 12.3. The van der Waals surface area contributed by atoms with Crippen molar-refractivity contribution in [3.63, 3.8) is 0 Å². The minimum absolute atomic E-state index is 0.884. The molecule has 0 bridgehead atoms. The quantitative estimate of drug-likeness (QED) is 0.858. The van der Waals surface area contributed by atoms with Crippen molar-refractivity contribution in [3.05, 3.63) is 58.1 Å². The summed E-state index contributed by atoms with van der Waals surface area (Å²) in [6.07, 6.45) is 0. The molecule has 2 nitrogen and oxygen atoms in total. The highest BCUT2D eigenvalue weighted by Gasteiger charge is 2.12. The molecule has 0 heterocycles. The SMILES string of the molecule is CCN(c1ccccc1C)c1ccc(CNC)cc1Br. The van der Waals surface area contributed by atoms with E-state index in [1.807, 2.05) is 7.05 Å². The molecule has 20 heavy (non-hydrogen) atoms. The van der Waals surface area contributed by atoms with E-state index in [9.17, 15) is 0 Å². The van der Waals surface area contributed by atoms with Crippen LogP contribution in [0.3, 0.4) is 0 Å². The van der Waals surface area contributed by atoms with Gasteiger partial charge < -0.3 is 10.2 Å². The molecule has 3 heteroatoms. The van der Waals surface area contributed by atoms with E-state index in [4.69, 9.17) is 0 Å². The Bertz CT molecular complexity index is 581. The molecule has 0 aromatic heterocycles. The Morgan fingerprint density at radius 2 is 1.85 bits per heavy atom. The summed E-state index contributed by atoms with van der Waals surface area (Å²) in [6.45, 7) is 6.16. The molecule has 0 saturated heterocycles. The van der Waals surface area contributed by atoms with E-state index < -0.39 is 0 Å². The monoisotopic (exact) mass is 332 g/mol. The molecule has 0 amide bonds. The molecule has 0 saturated carbocycles. The van der Waals surface area contributed by atoms with Gasteiger partial charge in [-0.05, 0) is 66.2 Å². The van der Waals surface area contributed by atoms with Gasteiger partial charge in [-0.15, -0.1) is 0 Å². The van der Waals surface area contributed by atoms with Gasteiger partial charge in [-0.25, -0.2) is 0 Å². The smallest absolute Gasteiger partial charge is 0.0555 e. The summed E-state index contributed by atoms with van der Waals surface area (Å²) in [6, 6.07) is 15.1. The van der Waals surface area contributed by atoms with Crippen LogP contribution in [0, 0.1) is 6.92 Å². The molecule has 0 spiro atoms. The standard InChI is InChI=1S/C17H21BrN2/c1-4-20(16-8-6-5-7-13(16)2)17-10-9-14(12-19-3)11-15(17)18/h5-11,19H,4,12H2,1-3H3. The number of nitrogens with one attached hydrogen (secondary N) is 1. The Balaban J connectivity index is 2.40. The first-order valence-electron chi connectivity index (χ1n) is 6.93. The fraction of sp³-hybridized carbons (Fsp3) is 0.294. The number of anilines is 2. The number of nitrogens with zero attached hydrogens (tertiary/aromatic N) is 1. The molecule has 0 atom stereocenters. The highest BCUT2D eigenvalue weighted by Crippen LogP contribution is 2.34. The van der Waals surface area contributed by atoms with E-state index in [2.05, 4.69) is 82.5 Å². The van der Waals surface area contributed by atoms with Gasteiger partial charge in [0, 0.05) is 23.2 Å². The molecule has 0 radical (unpaired) electrons. The second-order valence-corrected chi connectivity index (χ2v) is 5.70. The van der Waals surface area contributed by atoms with Crippen molar-refractivity contribution in [2.75, 3.05) is 18.5 Å². The lowest BCUT2D eigenvalue weighted by atomic mass is 10.1. The van der Waals surface area contributed by atoms with Crippen LogP contribution in [0.5, 0.6) is 0 Å². The zero-order chi connectivity index (χ0) is 14.5. The first-order chi connectivity index (χ1) is 9.67. The Morgan fingerprint density at radius 1 is 1.10 bits per heavy atom. The van der Waals surface area contributed by atoms with E-state index in [0.29, 0.717) is 0 Å². The third-order valence-electron chi connectivity index (χ3n) is 3.41. The first kappa shape index (κ1) is 15.1. The number of para-hydroxylation sites is 1. The van der Waals surface area contributed by atoms with Crippen LogP contribution in [0.25, 0.3) is 0 Å². The molecular formula is C17H21BrN2. The van der Waals surface area contributed by atoms with Gasteiger partial charge in [0.2, 0.25) is 0 Å². The summed E-state index contributed by atoms with van der Waals surface area (Å²) in [5, 5.41) is 3.18. The Morgan fingerprint density at radius 3 is 2.45 bits per heavy atom. The molecule has 2 rings (SSSR count). The van der Waals surface area contributed by atoms with Crippen LogP contribution in [0.2, 0.25) is 0 Å². The largest absolute Gasteiger partial charge is 0.341 e. The summed E-state index contributed by atoms with van der Waals surface area (Å²) >= 11 is 3.71. The number of aryl methyl sites for hydroxylation is 1. The lowest BCUT2D eigenvalue weighted by molar-refractivity contribution is 0.817. The third kappa shape index (κ3) is 3.22. The van der Waals surface area contributed by atoms with Gasteiger partial charge in [-0.2, -0.15) is 0 Å². The maximum atomic E-state index is 3.71. The van der Waals surface area contributed by atoms with E-state index in [1.165, 1.54) is 22.5 Å². The predicted molar refractivity (Wildman–Crippen MR) is 90.8 cm³/mol.